The van der Waals surface area contributed by atoms with E-state index in [9.17, 15) is 0 Å². The third-order valence-electron chi connectivity index (χ3n) is 0.803. The zero-order valence-corrected chi connectivity index (χ0v) is 10.8. The smallest absolute Gasteiger partial charge is 0 e. The van der Waals surface area contributed by atoms with E-state index in [-0.39, 0.29) is 21.1 Å². The van der Waals surface area contributed by atoms with Crippen molar-refractivity contribution < 1.29 is 21.1 Å². The van der Waals surface area contributed by atoms with Gasteiger partial charge in [-0.3, -0.25) is 0 Å². The Kier molecular flexibility index (Phi) is 27.7. The van der Waals surface area contributed by atoms with Crippen LogP contribution in [0.5, 0.6) is 0 Å². The predicted octanol–water partition coefficient (Wildman–Crippen LogP) is 2.28. The molecule has 0 aromatic carbocycles. The topological polar surface area (TPSA) is 12.0 Å². The van der Waals surface area contributed by atoms with Crippen molar-refractivity contribution in [3.05, 3.63) is 0 Å². The van der Waals surface area contributed by atoms with E-state index >= 15 is 0 Å². The molecule has 1 N–H and O–H groups in total. The van der Waals surface area contributed by atoms with E-state index in [2.05, 4.69) is 26.1 Å². The van der Waals surface area contributed by atoms with Gasteiger partial charge in [0.1, 0.15) is 0 Å². The van der Waals surface area contributed by atoms with Gasteiger partial charge in [0.25, 0.3) is 0 Å². The minimum atomic E-state index is 0. The second kappa shape index (κ2) is 16.3. The fourth-order valence-electron chi connectivity index (χ4n) is 0.433. The summed E-state index contributed by atoms with van der Waals surface area (Å²) in [4.78, 5) is 0. The molecule has 0 saturated carbocycles. The van der Waals surface area contributed by atoms with Crippen molar-refractivity contribution in [3.63, 3.8) is 0 Å². The number of hydrogen-bond acceptors (Lipinski definition) is 1. The van der Waals surface area contributed by atoms with Crippen molar-refractivity contribution in [1.29, 1.82) is 0 Å². The number of rotatable bonds is 3. The second-order valence-corrected chi connectivity index (χ2v) is 2.20. The molecule has 0 aliphatic heterocycles. The average molecular weight is 315 g/mol. The van der Waals surface area contributed by atoms with Crippen LogP contribution in [0.1, 0.15) is 34.6 Å². The maximum atomic E-state index is 3.25. The van der Waals surface area contributed by atoms with Crippen LogP contribution in [0.4, 0.5) is 0 Å². The molecule has 0 aliphatic carbocycles. The standard InChI is InChI=1S/C6H15N.C2H6.W/c1-4-7-5-6(2)3;1-2;/h6-7H,4-5H2,1-3H3;1-2H3;. The SMILES string of the molecule is CC.CCNCC(C)C.[W]. The second-order valence-electron chi connectivity index (χ2n) is 2.20. The van der Waals surface area contributed by atoms with E-state index < -0.39 is 0 Å². The van der Waals surface area contributed by atoms with Crippen molar-refractivity contribution in [2.45, 2.75) is 34.6 Å². The quantitative estimate of drug-likeness (QED) is 0.842. The van der Waals surface area contributed by atoms with E-state index in [0.717, 1.165) is 19.0 Å². The van der Waals surface area contributed by atoms with Gasteiger partial charge in [-0.25, -0.2) is 0 Å². The van der Waals surface area contributed by atoms with E-state index in [4.69, 9.17) is 0 Å². The summed E-state index contributed by atoms with van der Waals surface area (Å²) in [5.41, 5.74) is 0. The Balaban J connectivity index is -0.000000149. The molecule has 1 nitrogen and oxygen atoms in total. The zero-order chi connectivity index (χ0) is 7.70. The summed E-state index contributed by atoms with van der Waals surface area (Å²) in [6, 6.07) is 0. The average Bonchev–Trinajstić information content (AvgIpc) is 1.88. The molecule has 0 radical (unpaired) electrons. The molecule has 0 rings (SSSR count). The van der Waals surface area contributed by atoms with Gasteiger partial charge < -0.3 is 5.32 Å². The molecular formula is C8H21NW. The normalized spacial score (nSPS) is 7.80. The van der Waals surface area contributed by atoms with Gasteiger partial charge in [0, 0.05) is 21.1 Å². The molecule has 0 bridgehead atoms. The first-order valence-corrected chi connectivity index (χ1v) is 3.98. The van der Waals surface area contributed by atoms with Crippen LogP contribution in [0, 0.1) is 5.92 Å². The Bertz CT molecular complexity index is 38.2. The van der Waals surface area contributed by atoms with E-state index in [1.807, 2.05) is 13.8 Å². The van der Waals surface area contributed by atoms with E-state index in [1.165, 1.54) is 0 Å². The van der Waals surface area contributed by atoms with Crippen LogP contribution in [0.15, 0.2) is 0 Å². The van der Waals surface area contributed by atoms with E-state index in [0.29, 0.717) is 0 Å². The number of hydrogen-bond donors (Lipinski definition) is 1. The number of nitrogens with one attached hydrogen (secondary N) is 1. The minimum Gasteiger partial charge on any atom is -0.317 e. The Morgan fingerprint density at radius 2 is 1.60 bits per heavy atom. The molecule has 10 heavy (non-hydrogen) atoms. The van der Waals surface area contributed by atoms with Gasteiger partial charge in [0.15, 0.2) is 0 Å². The van der Waals surface area contributed by atoms with Crippen LogP contribution in [-0.4, -0.2) is 13.1 Å². The summed E-state index contributed by atoms with van der Waals surface area (Å²) in [6.45, 7) is 12.8. The van der Waals surface area contributed by atoms with Crippen molar-refractivity contribution in [2.75, 3.05) is 13.1 Å². The summed E-state index contributed by atoms with van der Waals surface area (Å²) in [5, 5.41) is 3.25. The zero-order valence-electron chi connectivity index (χ0n) is 7.90. The Hall–Kier alpha value is 0.648. The summed E-state index contributed by atoms with van der Waals surface area (Å²) in [5.74, 6) is 0.792. The van der Waals surface area contributed by atoms with Gasteiger partial charge in [0.05, 0.1) is 0 Å². The summed E-state index contributed by atoms with van der Waals surface area (Å²) in [6.07, 6.45) is 0. The van der Waals surface area contributed by atoms with Crippen LogP contribution in [0.3, 0.4) is 0 Å². The molecule has 0 unspecified atom stereocenters. The first kappa shape index (κ1) is 16.9. The molecule has 0 saturated heterocycles. The summed E-state index contributed by atoms with van der Waals surface area (Å²) >= 11 is 0. The maximum Gasteiger partial charge on any atom is 0 e. The molecule has 0 aromatic rings. The molecule has 0 aliphatic rings. The fraction of sp³-hybridized carbons (Fsp3) is 1.00. The van der Waals surface area contributed by atoms with Crippen molar-refractivity contribution in [1.82, 2.24) is 5.32 Å². The van der Waals surface area contributed by atoms with E-state index in [1.54, 1.807) is 0 Å². The fourth-order valence-corrected chi connectivity index (χ4v) is 0.433. The Morgan fingerprint density at radius 3 is 1.70 bits per heavy atom. The van der Waals surface area contributed by atoms with Gasteiger partial charge in [-0.1, -0.05) is 34.6 Å². The monoisotopic (exact) mass is 315 g/mol. The van der Waals surface area contributed by atoms with Gasteiger partial charge in [0.2, 0.25) is 0 Å². The van der Waals surface area contributed by atoms with Crippen LogP contribution < -0.4 is 5.32 Å². The molecule has 0 spiro atoms. The van der Waals surface area contributed by atoms with Crippen LogP contribution in [-0.2, 0) is 21.1 Å². The molecule has 0 atom stereocenters. The van der Waals surface area contributed by atoms with Gasteiger partial charge in [-0.15, -0.1) is 0 Å². The minimum absolute atomic E-state index is 0. The van der Waals surface area contributed by atoms with Gasteiger partial charge >= 0.3 is 0 Å². The largest absolute Gasteiger partial charge is 0.317 e. The molecular weight excluding hydrogens is 294 g/mol. The summed E-state index contributed by atoms with van der Waals surface area (Å²) in [7, 11) is 0. The molecule has 0 aromatic heterocycles. The van der Waals surface area contributed by atoms with Crippen LogP contribution in [0.25, 0.3) is 0 Å². The Labute approximate surface area is 80.2 Å². The van der Waals surface area contributed by atoms with Crippen molar-refractivity contribution >= 4 is 0 Å². The molecule has 0 fully saturated rings. The Morgan fingerprint density at radius 1 is 1.20 bits per heavy atom. The third-order valence-corrected chi connectivity index (χ3v) is 0.803. The molecule has 0 amide bonds. The maximum absolute atomic E-state index is 3.25. The third kappa shape index (κ3) is 23.4. The van der Waals surface area contributed by atoms with Crippen molar-refractivity contribution in [2.24, 2.45) is 5.92 Å². The predicted molar refractivity (Wildman–Crippen MR) is 44.7 cm³/mol. The first-order valence-electron chi connectivity index (χ1n) is 3.98. The summed E-state index contributed by atoms with van der Waals surface area (Å²) < 4.78 is 0. The molecule has 2 heteroatoms. The molecule has 0 heterocycles. The van der Waals surface area contributed by atoms with Crippen LogP contribution in [0.2, 0.25) is 0 Å². The first-order chi connectivity index (χ1) is 4.27. The van der Waals surface area contributed by atoms with Crippen molar-refractivity contribution in [3.8, 4) is 0 Å². The van der Waals surface area contributed by atoms with Crippen LogP contribution >= 0.6 is 0 Å². The van der Waals surface area contributed by atoms with Gasteiger partial charge in [-0.2, -0.15) is 0 Å². The molecule has 64 valence electrons. The van der Waals surface area contributed by atoms with Gasteiger partial charge in [-0.05, 0) is 19.0 Å².